The minimum Gasteiger partial charge on any atom is -0.356 e. The molecule has 1 atom stereocenters. The lowest BCUT2D eigenvalue weighted by Gasteiger charge is -2.26. The molecule has 2 rings (SSSR count). The highest BCUT2D eigenvalue weighted by atomic mass is 31.0. The molecule has 86 valence electrons. The monoisotopic (exact) mass is 225 g/mol. The molecule has 1 heterocycles. The molecule has 1 unspecified atom stereocenters. The van der Waals surface area contributed by atoms with Crippen LogP contribution in [0, 0.1) is 0 Å². The fourth-order valence-electron chi connectivity index (χ4n) is 1.56. The average molecular weight is 225 g/mol. The van der Waals surface area contributed by atoms with Crippen molar-refractivity contribution in [3.8, 4) is 0 Å². The molecule has 0 fully saturated rings. The molecular formula is C13H24NP. The molecule has 0 aliphatic carbocycles. The van der Waals surface area contributed by atoms with Crippen molar-refractivity contribution in [2.24, 2.45) is 0 Å². The first-order chi connectivity index (χ1) is 7.38. The van der Waals surface area contributed by atoms with E-state index in [1.54, 1.807) is 0 Å². The Morgan fingerprint density at radius 2 is 1.67 bits per heavy atom. The van der Waals surface area contributed by atoms with Crippen molar-refractivity contribution in [3.05, 3.63) is 29.8 Å². The summed E-state index contributed by atoms with van der Waals surface area (Å²) in [7, 11) is 2.77. The van der Waals surface area contributed by atoms with Gasteiger partial charge in [0.05, 0.1) is 0 Å². The Hall–Kier alpha value is -0.550. The van der Waals surface area contributed by atoms with Crippen LogP contribution in [0.25, 0.3) is 0 Å². The van der Waals surface area contributed by atoms with E-state index in [2.05, 4.69) is 38.3 Å². The molecule has 2 heteroatoms. The Labute approximate surface area is 97.1 Å². The molecule has 0 radical (unpaired) electrons. The minimum absolute atomic E-state index is 1.17. The van der Waals surface area contributed by atoms with Gasteiger partial charge < -0.3 is 4.67 Å². The second-order valence-electron chi connectivity index (χ2n) is 2.93. The summed E-state index contributed by atoms with van der Waals surface area (Å²) in [6.07, 6.45) is 2.52. The first-order valence-electron chi connectivity index (χ1n) is 5.98. The van der Waals surface area contributed by atoms with Gasteiger partial charge in [0, 0.05) is 12.2 Å². The third-order valence-electron chi connectivity index (χ3n) is 2.15. The molecule has 1 nitrogen and oxygen atoms in total. The molecule has 1 aromatic rings. The Morgan fingerprint density at radius 3 is 2.27 bits per heavy atom. The SMILES string of the molecule is CC.CC.PN1CCCc2ccccc21. The second kappa shape index (κ2) is 8.73. The molecule has 1 aliphatic heterocycles. The summed E-state index contributed by atoms with van der Waals surface area (Å²) in [5, 5.41) is 0. The van der Waals surface area contributed by atoms with Crippen LogP contribution in [0.2, 0.25) is 0 Å². The van der Waals surface area contributed by atoms with E-state index in [0.717, 1.165) is 0 Å². The zero-order valence-electron chi connectivity index (χ0n) is 10.5. The highest BCUT2D eigenvalue weighted by Crippen LogP contribution is 2.28. The molecule has 0 amide bonds. The van der Waals surface area contributed by atoms with Crippen LogP contribution in [0.3, 0.4) is 0 Å². The molecule has 0 aromatic heterocycles. The van der Waals surface area contributed by atoms with Gasteiger partial charge in [-0.25, -0.2) is 0 Å². The molecule has 0 N–H and O–H groups in total. The van der Waals surface area contributed by atoms with Gasteiger partial charge in [-0.15, -0.1) is 0 Å². The molecule has 15 heavy (non-hydrogen) atoms. The highest BCUT2D eigenvalue weighted by Gasteiger charge is 2.11. The number of nitrogens with zero attached hydrogens (tertiary/aromatic N) is 1. The number of hydrogen-bond donors (Lipinski definition) is 0. The number of para-hydroxylation sites is 1. The smallest absolute Gasteiger partial charge is 0.0427 e. The predicted molar refractivity (Wildman–Crippen MR) is 74.5 cm³/mol. The van der Waals surface area contributed by atoms with Gasteiger partial charge >= 0.3 is 0 Å². The normalized spacial score (nSPS) is 12.7. The van der Waals surface area contributed by atoms with Gasteiger partial charge in [0.25, 0.3) is 0 Å². The van der Waals surface area contributed by atoms with Gasteiger partial charge in [0.1, 0.15) is 0 Å². The van der Waals surface area contributed by atoms with Crippen LogP contribution in [0.1, 0.15) is 39.7 Å². The maximum atomic E-state index is 2.77. The van der Waals surface area contributed by atoms with E-state index in [1.165, 1.54) is 30.6 Å². The number of anilines is 1. The quantitative estimate of drug-likeness (QED) is 0.596. The average Bonchev–Trinajstić information content (AvgIpc) is 2.35. The summed E-state index contributed by atoms with van der Waals surface area (Å²) in [6.45, 7) is 9.17. The van der Waals surface area contributed by atoms with Gasteiger partial charge in [-0.05, 0) is 33.9 Å². The zero-order chi connectivity index (χ0) is 11.7. The van der Waals surface area contributed by atoms with Gasteiger partial charge in [-0.1, -0.05) is 45.9 Å². The second-order valence-corrected chi connectivity index (χ2v) is 3.55. The van der Waals surface area contributed by atoms with Crippen LogP contribution in [-0.2, 0) is 6.42 Å². The molecular weight excluding hydrogens is 201 g/mol. The van der Waals surface area contributed by atoms with Crippen molar-refractivity contribution in [1.29, 1.82) is 0 Å². The highest BCUT2D eigenvalue weighted by molar-refractivity contribution is 7.19. The van der Waals surface area contributed by atoms with Crippen molar-refractivity contribution in [3.63, 3.8) is 0 Å². The molecule has 0 spiro atoms. The van der Waals surface area contributed by atoms with Gasteiger partial charge in [0.15, 0.2) is 0 Å². The Bertz CT molecular complexity index is 260. The van der Waals surface area contributed by atoms with E-state index < -0.39 is 0 Å². The van der Waals surface area contributed by atoms with E-state index in [1.807, 2.05) is 27.7 Å². The van der Waals surface area contributed by atoms with Crippen LogP contribution >= 0.6 is 9.39 Å². The first kappa shape index (κ1) is 14.5. The largest absolute Gasteiger partial charge is 0.356 e. The van der Waals surface area contributed by atoms with E-state index >= 15 is 0 Å². The van der Waals surface area contributed by atoms with Gasteiger partial charge in [-0.2, -0.15) is 0 Å². The maximum absolute atomic E-state index is 2.77. The fraction of sp³-hybridized carbons (Fsp3) is 0.538. The Kier molecular flexibility index (Phi) is 8.41. The third-order valence-corrected chi connectivity index (χ3v) is 2.68. The minimum atomic E-state index is 1.17. The van der Waals surface area contributed by atoms with Crippen molar-refractivity contribution in [2.75, 3.05) is 11.2 Å². The topological polar surface area (TPSA) is 3.24 Å². The van der Waals surface area contributed by atoms with Crippen molar-refractivity contribution in [1.82, 2.24) is 0 Å². The lowest BCUT2D eigenvalue weighted by molar-refractivity contribution is 0.795. The van der Waals surface area contributed by atoms with E-state index in [4.69, 9.17) is 0 Å². The summed E-state index contributed by atoms with van der Waals surface area (Å²) in [5.41, 5.74) is 2.86. The zero-order valence-corrected chi connectivity index (χ0v) is 11.6. The Morgan fingerprint density at radius 1 is 1.07 bits per heavy atom. The summed E-state index contributed by atoms with van der Waals surface area (Å²) >= 11 is 0. The van der Waals surface area contributed by atoms with Crippen molar-refractivity contribution < 1.29 is 0 Å². The molecule has 1 aromatic carbocycles. The van der Waals surface area contributed by atoms with Crippen LogP contribution < -0.4 is 4.67 Å². The van der Waals surface area contributed by atoms with Crippen molar-refractivity contribution >= 4 is 15.1 Å². The molecule has 0 saturated heterocycles. The number of rotatable bonds is 0. The van der Waals surface area contributed by atoms with E-state index in [0.29, 0.717) is 0 Å². The lowest BCUT2D eigenvalue weighted by atomic mass is 10.0. The van der Waals surface area contributed by atoms with E-state index in [-0.39, 0.29) is 0 Å². The first-order valence-corrected chi connectivity index (χ1v) is 6.50. The molecule has 0 bridgehead atoms. The molecule has 0 saturated carbocycles. The summed E-state index contributed by atoms with van der Waals surface area (Å²) in [5.74, 6) is 0. The maximum Gasteiger partial charge on any atom is 0.0427 e. The van der Waals surface area contributed by atoms with Crippen LogP contribution in [0.15, 0.2) is 24.3 Å². The number of aryl methyl sites for hydroxylation is 1. The number of hydrogen-bond acceptors (Lipinski definition) is 1. The summed E-state index contributed by atoms with van der Waals surface area (Å²) < 4.78 is 2.25. The lowest BCUT2D eigenvalue weighted by Crippen LogP contribution is -2.18. The Balaban J connectivity index is 0.000000442. The number of benzene rings is 1. The van der Waals surface area contributed by atoms with Crippen LogP contribution in [0.5, 0.6) is 0 Å². The van der Waals surface area contributed by atoms with Crippen LogP contribution in [0.4, 0.5) is 5.69 Å². The predicted octanol–water partition coefficient (Wildman–Crippen LogP) is 4.28. The fourth-order valence-corrected chi connectivity index (χ4v) is 2.00. The van der Waals surface area contributed by atoms with Gasteiger partial charge in [-0.3, -0.25) is 0 Å². The summed E-state index contributed by atoms with van der Waals surface area (Å²) in [6, 6.07) is 8.61. The third kappa shape index (κ3) is 4.22. The van der Waals surface area contributed by atoms with Crippen LogP contribution in [-0.4, -0.2) is 6.54 Å². The summed E-state index contributed by atoms with van der Waals surface area (Å²) in [4.78, 5) is 0. The molecule has 1 aliphatic rings. The van der Waals surface area contributed by atoms with Crippen molar-refractivity contribution in [2.45, 2.75) is 40.5 Å². The van der Waals surface area contributed by atoms with Gasteiger partial charge in [0.2, 0.25) is 0 Å². The standard InChI is InChI=1S/C9H12NP.2C2H6/c11-10-7-3-5-8-4-1-2-6-9(8)10;2*1-2/h1-2,4,6H,3,5,7,11H2;2*1-2H3. The van der Waals surface area contributed by atoms with E-state index in [9.17, 15) is 0 Å². The number of fused-ring (bicyclic) bond motifs is 1.